The molecule has 8 nitrogen and oxygen atoms in total. The Labute approximate surface area is 179 Å². The van der Waals surface area contributed by atoms with Gasteiger partial charge in [-0.15, -0.1) is 0 Å². The van der Waals surface area contributed by atoms with E-state index in [0.717, 1.165) is 16.9 Å². The lowest BCUT2D eigenvalue weighted by Crippen LogP contribution is -2.19. The first-order chi connectivity index (χ1) is 15.1. The summed E-state index contributed by atoms with van der Waals surface area (Å²) in [4.78, 5) is 17.1. The normalized spacial score (nSPS) is 10.5. The van der Waals surface area contributed by atoms with Gasteiger partial charge in [-0.2, -0.15) is 0 Å². The zero-order chi connectivity index (χ0) is 21.8. The lowest BCUT2D eigenvalue weighted by molar-refractivity contribution is 0.262. The topological polar surface area (TPSA) is 86.1 Å². The van der Waals surface area contributed by atoms with Gasteiger partial charge in [0.1, 0.15) is 5.65 Å². The average molecular weight is 418 g/mol. The average Bonchev–Trinajstić information content (AvgIpc) is 3.23. The molecule has 0 saturated heterocycles. The lowest BCUT2D eigenvalue weighted by Gasteiger charge is -2.15. The summed E-state index contributed by atoms with van der Waals surface area (Å²) in [6.07, 6.45) is 3.92. The van der Waals surface area contributed by atoms with Crippen molar-refractivity contribution in [3.05, 3.63) is 67.0 Å². The first-order valence-electron chi connectivity index (χ1n) is 9.53. The van der Waals surface area contributed by atoms with Gasteiger partial charge in [-0.1, -0.05) is 18.2 Å². The van der Waals surface area contributed by atoms with Gasteiger partial charge >= 0.3 is 6.03 Å². The molecule has 0 bridgehead atoms. The molecule has 2 aromatic carbocycles. The third kappa shape index (κ3) is 4.23. The Hall–Kier alpha value is -4.20. The number of anilines is 2. The highest BCUT2D eigenvalue weighted by molar-refractivity contribution is 6.00. The van der Waals surface area contributed by atoms with Gasteiger partial charge in [-0.05, 0) is 24.3 Å². The van der Waals surface area contributed by atoms with Crippen molar-refractivity contribution in [2.45, 2.75) is 0 Å². The number of urea groups is 1. The van der Waals surface area contributed by atoms with Crippen LogP contribution in [0.3, 0.4) is 0 Å². The molecule has 158 valence electrons. The minimum absolute atomic E-state index is 0.394. The SMILES string of the molecule is COc1cc(NC(=O)Nc2ccc(-c3cn4ccccc4n3)cc2)cc(OC)c1OC. The number of fused-ring (bicyclic) bond motifs is 1. The van der Waals surface area contributed by atoms with Crippen LogP contribution in [0.5, 0.6) is 17.2 Å². The van der Waals surface area contributed by atoms with Crippen molar-refractivity contribution in [2.75, 3.05) is 32.0 Å². The number of carbonyl (C=O) groups excluding carboxylic acids is 1. The van der Waals surface area contributed by atoms with Gasteiger partial charge in [0.05, 0.1) is 32.7 Å². The summed E-state index contributed by atoms with van der Waals surface area (Å²) in [6.45, 7) is 0. The standard InChI is InChI=1S/C23H22N4O4/c1-29-19-12-17(13-20(30-2)22(19)31-3)25-23(28)24-16-9-7-15(8-10-16)18-14-27-11-5-4-6-21(27)26-18/h4-14H,1-3H3,(H2,24,25,28). The Morgan fingerprint density at radius 1 is 0.871 bits per heavy atom. The molecule has 0 aliphatic carbocycles. The molecule has 0 radical (unpaired) electrons. The minimum Gasteiger partial charge on any atom is -0.493 e. The molecule has 31 heavy (non-hydrogen) atoms. The van der Waals surface area contributed by atoms with Crippen LogP contribution in [-0.4, -0.2) is 36.7 Å². The monoisotopic (exact) mass is 418 g/mol. The smallest absolute Gasteiger partial charge is 0.323 e. The van der Waals surface area contributed by atoms with Crippen molar-refractivity contribution in [3.63, 3.8) is 0 Å². The Kier molecular flexibility index (Phi) is 5.61. The number of methoxy groups -OCH3 is 3. The van der Waals surface area contributed by atoms with Crippen molar-refractivity contribution < 1.29 is 19.0 Å². The van der Waals surface area contributed by atoms with Gasteiger partial charge in [-0.3, -0.25) is 0 Å². The molecule has 0 fully saturated rings. The summed E-state index contributed by atoms with van der Waals surface area (Å²) in [6, 6.07) is 16.3. The highest BCUT2D eigenvalue weighted by Crippen LogP contribution is 2.39. The molecular formula is C23H22N4O4. The maximum absolute atomic E-state index is 12.5. The first kappa shape index (κ1) is 20.1. The van der Waals surface area contributed by atoms with Gasteiger partial charge in [0.15, 0.2) is 11.5 Å². The first-order valence-corrected chi connectivity index (χ1v) is 9.53. The summed E-state index contributed by atoms with van der Waals surface area (Å²) in [5.74, 6) is 1.36. The van der Waals surface area contributed by atoms with Crippen LogP contribution in [0.1, 0.15) is 0 Å². The van der Waals surface area contributed by atoms with Crippen LogP contribution in [0, 0.1) is 0 Å². The maximum atomic E-state index is 12.5. The number of amides is 2. The second-order valence-corrected chi connectivity index (χ2v) is 6.66. The van der Waals surface area contributed by atoms with E-state index < -0.39 is 6.03 Å². The molecular weight excluding hydrogens is 396 g/mol. The molecule has 0 aliphatic rings. The minimum atomic E-state index is -0.394. The van der Waals surface area contributed by atoms with Crippen LogP contribution in [0.4, 0.5) is 16.2 Å². The number of benzene rings is 2. The molecule has 2 amide bonds. The zero-order valence-corrected chi connectivity index (χ0v) is 17.4. The van der Waals surface area contributed by atoms with Gasteiger partial charge in [-0.25, -0.2) is 9.78 Å². The largest absolute Gasteiger partial charge is 0.493 e. The molecule has 0 aliphatic heterocycles. The van der Waals surface area contributed by atoms with Crippen LogP contribution in [0.15, 0.2) is 67.0 Å². The second kappa shape index (κ2) is 8.66. The molecule has 0 atom stereocenters. The number of ether oxygens (including phenoxy) is 3. The molecule has 8 heteroatoms. The summed E-state index contributed by atoms with van der Waals surface area (Å²) in [5.41, 5.74) is 3.86. The van der Waals surface area contributed by atoms with E-state index in [9.17, 15) is 4.79 Å². The van der Waals surface area contributed by atoms with E-state index >= 15 is 0 Å². The number of nitrogens with zero attached hydrogens (tertiary/aromatic N) is 2. The van der Waals surface area contributed by atoms with Crippen molar-refractivity contribution in [1.29, 1.82) is 0 Å². The quantitative estimate of drug-likeness (QED) is 0.475. The Morgan fingerprint density at radius 2 is 1.55 bits per heavy atom. The summed E-state index contributed by atoms with van der Waals surface area (Å²) in [5, 5.41) is 5.58. The zero-order valence-electron chi connectivity index (χ0n) is 17.4. The Bertz CT molecular complexity index is 1160. The van der Waals surface area contributed by atoms with Gasteiger partial charge in [0.2, 0.25) is 5.75 Å². The van der Waals surface area contributed by atoms with E-state index in [4.69, 9.17) is 14.2 Å². The van der Waals surface area contributed by atoms with E-state index in [0.29, 0.717) is 28.6 Å². The molecule has 4 aromatic rings. The molecule has 0 spiro atoms. The van der Waals surface area contributed by atoms with Crippen LogP contribution in [-0.2, 0) is 0 Å². The van der Waals surface area contributed by atoms with Gasteiger partial charge < -0.3 is 29.2 Å². The molecule has 4 rings (SSSR count). The summed E-state index contributed by atoms with van der Waals surface area (Å²) >= 11 is 0. The molecule has 2 aromatic heterocycles. The number of nitrogens with one attached hydrogen (secondary N) is 2. The van der Waals surface area contributed by atoms with E-state index in [1.165, 1.54) is 21.3 Å². The fourth-order valence-electron chi connectivity index (χ4n) is 3.24. The molecule has 0 saturated carbocycles. The number of rotatable bonds is 6. The van der Waals surface area contributed by atoms with E-state index in [-0.39, 0.29) is 0 Å². The number of hydrogen-bond acceptors (Lipinski definition) is 5. The molecule has 2 heterocycles. The predicted molar refractivity (Wildman–Crippen MR) is 119 cm³/mol. The highest BCUT2D eigenvalue weighted by Gasteiger charge is 2.14. The van der Waals surface area contributed by atoms with Crippen molar-refractivity contribution in [1.82, 2.24) is 9.38 Å². The van der Waals surface area contributed by atoms with Crippen molar-refractivity contribution in [2.24, 2.45) is 0 Å². The predicted octanol–water partition coefficient (Wildman–Crippen LogP) is 4.67. The van der Waals surface area contributed by atoms with Gasteiger partial charge in [0.25, 0.3) is 0 Å². The summed E-state index contributed by atoms with van der Waals surface area (Å²) in [7, 11) is 4.56. The van der Waals surface area contributed by atoms with Crippen molar-refractivity contribution in [3.8, 4) is 28.5 Å². The van der Waals surface area contributed by atoms with Crippen LogP contribution in [0.25, 0.3) is 16.9 Å². The fraction of sp³-hybridized carbons (Fsp3) is 0.130. The molecule has 0 unspecified atom stereocenters. The van der Waals surface area contributed by atoms with Crippen LogP contribution >= 0.6 is 0 Å². The molecule has 2 N–H and O–H groups in total. The fourth-order valence-corrected chi connectivity index (χ4v) is 3.24. The number of pyridine rings is 1. The van der Waals surface area contributed by atoms with Crippen LogP contribution in [0.2, 0.25) is 0 Å². The van der Waals surface area contributed by atoms with E-state index in [2.05, 4.69) is 15.6 Å². The van der Waals surface area contributed by atoms with Crippen molar-refractivity contribution >= 4 is 23.1 Å². The van der Waals surface area contributed by atoms with Crippen LogP contribution < -0.4 is 24.8 Å². The number of imidazole rings is 1. The number of carbonyl (C=O) groups is 1. The number of hydrogen-bond donors (Lipinski definition) is 2. The number of aromatic nitrogens is 2. The Balaban J connectivity index is 1.46. The van der Waals surface area contributed by atoms with E-state index in [1.54, 1.807) is 12.1 Å². The Morgan fingerprint density at radius 3 is 2.16 bits per heavy atom. The van der Waals surface area contributed by atoms with Gasteiger partial charge in [0, 0.05) is 35.8 Å². The third-order valence-electron chi connectivity index (χ3n) is 4.73. The van der Waals surface area contributed by atoms with E-state index in [1.807, 2.05) is 59.3 Å². The lowest BCUT2D eigenvalue weighted by atomic mass is 10.1. The summed E-state index contributed by atoms with van der Waals surface area (Å²) < 4.78 is 17.9. The highest BCUT2D eigenvalue weighted by atomic mass is 16.5. The maximum Gasteiger partial charge on any atom is 0.323 e. The third-order valence-corrected chi connectivity index (χ3v) is 4.73. The second-order valence-electron chi connectivity index (χ2n) is 6.66.